The zero-order valence-electron chi connectivity index (χ0n) is 22.4. The van der Waals surface area contributed by atoms with Crippen LogP contribution in [0.5, 0.6) is 0 Å². The van der Waals surface area contributed by atoms with Gasteiger partial charge in [-0.05, 0) is 53.6 Å². The molecule has 0 fully saturated rings. The van der Waals surface area contributed by atoms with E-state index in [1.807, 2.05) is 79.9 Å². The molecule has 202 valence electrons. The molecule has 7 heteroatoms. The van der Waals surface area contributed by atoms with Crippen molar-refractivity contribution in [1.29, 1.82) is 0 Å². The van der Waals surface area contributed by atoms with Gasteiger partial charge in [0.15, 0.2) is 0 Å². The van der Waals surface area contributed by atoms with E-state index in [1.165, 1.54) is 6.08 Å². The standard InChI is InChI=1S/C34H28N4O3/c1-22-10-15-28(16-11-22)38-21-26(33(37-38)25-13-12-23-6-2-3-7-24(23)18-25)14-17-32(39)36-31(34(40)41)19-27-20-35-30-9-5-4-8-29(27)30/h2-18,20-21,31,35H,19H2,1H3,(H,36,39)(H,40,41)/b17-14-. The number of H-pyrrole nitrogens is 1. The monoisotopic (exact) mass is 540 g/mol. The van der Waals surface area contributed by atoms with Crippen molar-refractivity contribution < 1.29 is 14.7 Å². The molecule has 1 amide bonds. The summed E-state index contributed by atoms with van der Waals surface area (Å²) in [7, 11) is 0. The van der Waals surface area contributed by atoms with E-state index in [4.69, 9.17) is 5.10 Å². The first-order chi connectivity index (χ1) is 19.9. The quantitative estimate of drug-likeness (QED) is 0.197. The highest BCUT2D eigenvalue weighted by molar-refractivity contribution is 5.96. The molecule has 0 aliphatic carbocycles. The first-order valence-electron chi connectivity index (χ1n) is 13.4. The molecule has 0 saturated carbocycles. The van der Waals surface area contributed by atoms with Gasteiger partial charge in [0.25, 0.3) is 0 Å². The van der Waals surface area contributed by atoms with Crippen LogP contribution in [0, 0.1) is 6.92 Å². The Morgan fingerprint density at radius 3 is 2.54 bits per heavy atom. The predicted molar refractivity (Wildman–Crippen MR) is 162 cm³/mol. The Bertz CT molecular complexity index is 1910. The van der Waals surface area contributed by atoms with E-state index in [0.717, 1.165) is 49.6 Å². The third kappa shape index (κ3) is 5.51. The fraction of sp³-hybridized carbons (Fsp3) is 0.0882. The zero-order chi connectivity index (χ0) is 28.3. The van der Waals surface area contributed by atoms with Gasteiger partial charge in [-0.1, -0.05) is 72.3 Å². The second-order valence-corrected chi connectivity index (χ2v) is 10.1. The largest absolute Gasteiger partial charge is 0.480 e. The number of aromatic nitrogens is 3. The summed E-state index contributed by atoms with van der Waals surface area (Å²) >= 11 is 0. The molecule has 0 aliphatic heterocycles. The van der Waals surface area contributed by atoms with Crippen LogP contribution < -0.4 is 5.32 Å². The van der Waals surface area contributed by atoms with Crippen LogP contribution in [-0.4, -0.2) is 37.8 Å². The van der Waals surface area contributed by atoms with Gasteiger partial charge in [0.2, 0.25) is 5.91 Å². The number of para-hydroxylation sites is 1. The van der Waals surface area contributed by atoms with Crippen LogP contribution in [0.3, 0.4) is 0 Å². The molecule has 0 bridgehead atoms. The Labute approximate surface area is 236 Å². The van der Waals surface area contributed by atoms with Crippen LogP contribution in [0.4, 0.5) is 0 Å². The average molecular weight is 541 g/mol. The number of carboxylic acids is 1. The molecule has 6 rings (SSSR count). The predicted octanol–water partition coefficient (Wildman–Crippen LogP) is 6.31. The number of nitrogens with zero attached hydrogens (tertiary/aromatic N) is 2. The third-order valence-electron chi connectivity index (χ3n) is 7.19. The third-order valence-corrected chi connectivity index (χ3v) is 7.19. The van der Waals surface area contributed by atoms with Crippen molar-refractivity contribution in [3.63, 3.8) is 0 Å². The minimum atomic E-state index is -1.10. The highest BCUT2D eigenvalue weighted by atomic mass is 16.4. The maximum absolute atomic E-state index is 13.0. The van der Waals surface area contributed by atoms with Gasteiger partial charge in [-0.15, -0.1) is 0 Å². The number of carboxylic acid groups (broad SMARTS) is 1. The number of hydrogen-bond acceptors (Lipinski definition) is 3. The lowest BCUT2D eigenvalue weighted by Gasteiger charge is -2.12. The molecule has 7 nitrogen and oxygen atoms in total. The SMILES string of the molecule is Cc1ccc(-n2cc(/C=C\C(=O)NC(Cc3c[nH]c4ccccc34)C(=O)O)c(-c3ccc4ccccc4c3)n2)cc1. The Kier molecular flexibility index (Phi) is 6.92. The van der Waals surface area contributed by atoms with Crippen LogP contribution >= 0.6 is 0 Å². The highest BCUT2D eigenvalue weighted by Gasteiger charge is 2.21. The normalized spacial score (nSPS) is 12.2. The summed E-state index contributed by atoms with van der Waals surface area (Å²) in [6, 6.07) is 28.9. The van der Waals surface area contributed by atoms with Crippen LogP contribution in [-0.2, 0) is 16.0 Å². The summed E-state index contributed by atoms with van der Waals surface area (Å²) in [5.74, 6) is -1.59. The number of aromatic amines is 1. The summed E-state index contributed by atoms with van der Waals surface area (Å²) in [5.41, 5.74) is 6.16. The van der Waals surface area contributed by atoms with Gasteiger partial charge in [0, 0.05) is 46.9 Å². The molecule has 2 aromatic heterocycles. The molecule has 0 radical (unpaired) electrons. The number of carbonyl (C=O) groups is 2. The van der Waals surface area contributed by atoms with Crippen molar-refractivity contribution in [2.45, 2.75) is 19.4 Å². The molecule has 6 aromatic rings. The first kappa shape index (κ1) is 25.8. The lowest BCUT2D eigenvalue weighted by molar-refractivity contribution is -0.141. The van der Waals surface area contributed by atoms with E-state index >= 15 is 0 Å². The minimum absolute atomic E-state index is 0.159. The van der Waals surface area contributed by atoms with Crippen LogP contribution in [0.2, 0.25) is 0 Å². The van der Waals surface area contributed by atoms with Gasteiger partial charge >= 0.3 is 5.97 Å². The van der Waals surface area contributed by atoms with Crippen molar-refractivity contribution in [2.24, 2.45) is 0 Å². The van der Waals surface area contributed by atoms with E-state index in [2.05, 4.69) is 34.6 Å². The number of fused-ring (bicyclic) bond motifs is 2. The van der Waals surface area contributed by atoms with Crippen LogP contribution in [0.25, 0.3) is 44.7 Å². The van der Waals surface area contributed by atoms with E-state index in [-0.39, 0.29) is 6.42 Å². The van der Waals surface area contributed by atoms with Crippen LogP contribution in [0.15, 0.2) is 109 Å². The molecule has 0 spiro atoms. The number of carbonyl (C=O) groups excluding carboxylic acids is 1. The lowest BCUT2D eigenvalue weighted by Crippen LogP contribution is -2.41. The van der Waals surface area contributed by atoms with Crippen molar-refractivity contribution >= 4 is 39.6 Å². The molecule has 1 atom stereocenters. The molecule has 4 aromatic carbocycles. The lowest BCUT2D eigenvalue weighted by atomic mass is 10.0. The molecular weight excluding hydrogens is 512 g/mol. The number of benzene rings is 4. The summed E-state index contributed by atoms with van der Waals surface area (Å²) in [6.45, 7) is 2.03. The van der Waals surface area contributed by atoms with Gasteiger partial charge in [0.05, 0.1) is 11.4 Å². The first-order valence-corrected chi connectivity index (χ1v) is 13.4. The maximum Gasteiger partial charge on any atom is 0.326 e. The number of aliphatic carboxylic acids is 1. The molecular formula is C34H28N4O3. The van der Waals surface area contributed by atoms with E-state index < -0.39 is 17.9 Å². The smallest absolute Gasteiger partial charge is 0.326 e. The molecule has 0 saturated heterocycles. The van der Waals surface area contributed by atoms with Gasteiger partial charge in [-0.25, -0.2) is 9.48 Å². The van der Waals surface area contributed by atoms with Gasteiger partial charge in [0.1, 0.15) is 6.04 Å². The average Bonchev–Trinajstić information content (AvgIpc) is 3.60. The Morgan fingerprint density at radius 1 is 0.976 bits per heavy atom. The van der Waals surface area contributed by atoms with Crippen molar-refractivity contribution in [3.8, 4) is 16.9 Å². The van der Waals surface area contributed by atoms with Crippen molar-refractivity contribution in [3.05, 3.63) is 126 Å². The molecule has 3 N–H and O–H groups in total. The van der Waals surface area contributed by atoms with Gasteiger partial charge < -0.3 is 15.4 Å². The second kappa shape index (κ2) is 11.0. The Morgan fingerprint density at radius 2 is 1.73 bits per heavy atom. The van der Waals surface area contributed by atoms with E-state index in [0.29, 0.717) is 5.69 Å². The molecule has 2 heterocycles. The maximum atomic E-state index is 13.0. The van der Waals surface area contributed by atoms with E-state index in [9.17, 15) is 14.7 Å². The van der Waals surface area contributed by atoms with Gasteiger partial charge in [-0.3, -0.25) is 4.79 Å². The topological polar surface area (TPSA) is 100 Å². The summed E-state index contributed by atoms with van der Waals surface area (Å²) < 4.78 is 1.79. The second-order valence-electron chi connectivity index (χ2n) is 10.1. The Balaban J connectivity index is 1.29. The van der Waals surface area contributed by atoms with Gasteiger partial charge in [-0.2, -0.15) is 5.10 Å². The van der Waals surface area contributed by atoms with Crippen molar-refractivity contribution in [1.82, 2.24) is 20.1 Å². The number of amides is 1. The Hall–Kier alpha value is -5.43. The number of nitrogens with one attached hydrogen (secondary N) is 2. The molecule has 1 unspecified atom stereocenters. The number of hydrogen-bond donors (Lipinski definition) is 3. The fourth-order valence-corrected chi connectivity index (χ4v) is 5.01. The molecule has 41 heavy (non-hydrogen) atoms. The summed E-state index contributed by atoms with van der Waals surface area (Å²) in [5, 5.41) is 20.5. The zero-order valence-corrected chi connectivity index (χ0v) is 22.4. The molecule has 0 aliphatic rings. The van der Waals surface area contributed by atoms with Crippen LogP contribution in [0.1, 0.15) is 16.7 Å². The minimum Gasteiger partial charge on any atom is -0.480 e. The fourth-order valence-electron chi connectivity index (χ4n) is 5.01. The van der Waals surface area contributed by atoms with E-state index in [1.54, 1.807) is 17.0 Å². The summed E-state index contributed by atoms with van der Waals surface area (Å²) in [4.78, 5) is 28.2. The van der Waals surface area contributed by atoms with Crippen molar-refractivity contribution in [2.75, 3.05) is 0 Å². The number of aryl methyl sites for hydroxylation is 1. The highest BCUT2D eigenvalue weighted by Crippen LogP contribution is 2.28. The summed E-state index contributed by atoms with van der Waals surface area (Å²) in [6.07, 6.45) is 6.87. The number of rotatable bonds is 8.